The number of anilines is 2. The Hall–Kier alpha value is -6.54. The molecule has 2 unspecified atom stereocenters. The Labute approximate surface area is 289 Å². The number of hydrogen-bond acceptors (Lipinski definition) is 8. The predicted molar refractivity (Wildman–Crippen MR) is 189 cm³/mol. The first-order valence-corrected chi connectivity index (χ1v) is 16.4. The van der Waals surface area contributed by atoms with Crippen LogP contribution in [0, 0.1) is 0 Å². The van der Waals surface area contributed by atoms with E-state index in [1.54, 1.807) is 24.8 Å². The standard InChI is InChI=1S/C42H32N4O4/c47-39(49-41(33-13-3-1-4-14-33)37-17-9-7-11-31(37)29-45(41)35-21-25-43-26-22-35)19-20-40(48)50-42(34-15-5-2-6-16-34)38-18-10-8-12-32(38)30-46(42)36-23-27-44-28-24-36/h1-28H,29-30H2/b20-19-. The Morgan fingerprint density at radius 3 is 1.26 bits per heavy atom. The van der Waals surface area contributed by atoms with Crippen molar-refractivity contribution in [3.63, 3.8) is 0 Å². The van der Waals surface area contributed by atoms with Crippen LogP contribution in [0.5, 0.6) is 0 Å². The summed E-state index contributed by atoms with van der Waals surface area (Å²) >= 11 is 0. The zero-order valence-electron chi connectivity index (χ0n) is 27.0. The normalized spacial score (nSPS) is 19.2. The largest absolute Gasteiger partial charge is 0.427 e. The van der Waals surface area contributed by atoms with Gasteiger partial charge in [-0.2, -0.15) is 0 Å². The lowest BCUT2D eigenvalue weighted by Gasteiger charge is -2.40. The van der Waals surface area contributed by atoms with Gasteiger partial charge in [0.15, 0.2) is 0 Å². The Morgan fingerprint density at radius 1 is 0.500 bits per heavy atom. The third-order valence-corrected chi connectivity index (χ3v) is 9.31. The van der Waals surface area contributed by atoms with E-state index in [-0.39, 0.29) is 0 Å². The Kier molecular flexibility index (Phi) is 7.89. The minimum atomic E-state index is -1.31. The second kappa shape index (κ2) is 12.8. The van der Waals surface area contributed by atoms with Crippen LogP contribution in [0.25, 0.3) is 0 Å². The number of benzene rings is 4. The van der Waals surface area contributed by atoms with Gasteiger partial charge in [0, 0.05) is 83.7 Å². The molecule has 0 radical (unpaired) electrons. The molecule has 0 aliphatic carbocycles. The van der Waals surface area contributed by atoms with Crippen molar-refractivity contribution < 1.29 is 19.1 Å². The van der Waals surface area contributed by atoms with E-state index in [1.165, 1.54) is 0 Å². The third-order valence-electron chi connectivity index (χ3n) is 9.31. The van der Waals surface area contributed by atoms with Crippen molar-refractivity contribution in [2.45, 2.75) is 24.5 Å². The molecule has 0 spiro atoms. The third kappa shape index (κ3) is 5.18. The van der Waals surface area contributed by atoms with Crippen LogP contribution in [0.2, 0.25) is 0 Å². The van der Waals surface area contributed by atoms with Crippen LogP contribution in [0.1, 0.15) is 33.4 Å². The topological polar surface area (TPSA) is 84.9 Å². The van der Waals surface area contributed by atoms with Crippen LogP contribution in [0.3, 0.4) is 0 Å². The zero-order chi connectivity index (χ0) is 34.0. The highest BCUT2D eigenvalue weighted by Crippen LogP contribution is 2.49. The van der Waals surface area contributed by atoms with E-state index >= 15 is 0 Å². The fourth-order valence-corrected chi connectivity index (χ4v) is 7.21. The van der Waals surface area contributed by atoms with E-state index in [0.717, 1.165) is 56.9 Å². The molecule has 6 aromatic rings. The predicted octanol–water partition coefficient (Wildman–Crippen LogP) is 7.26. The summed E-state index contributed by atoms with van der Waals surface area (Å²) < 4.78 is 13.0. The Balaban J connectivity index is 1.16. The van der Waals surface area contributed by atoms with Crippen molar-refractivity contribution in [1.82, 2.24) is 9.97 Å². The molecule has 0 saturated carbocycles. The molecule has 50 heavy (non-hydrogen) atoms. The van der Waals surface area contributed by atoms with E-state index in [2.05, 4.69) is 9.97 Å². The maximum absolute atomic E-state index is 14.0. The molecule has 2 atom stereocenters. The van der Waals surface area contributed by atoms with Gasteiger partial charge in [-0.1, -0.05) is 109 Å². The van der Waals surface area contributed by atoms with Gasteiger partial charge in [0.05, 0.1) is 0 Å². The van der Waals surface area contributed by atoms with Crippen molar-refractivity contribution in [3.8, 4) is 0 Å². The molecule has 2 aliphatic rings. The number of rotatable bonds is 8. The van der Waals surface area contributed by atoms with Gasteiger partial charge in [-0.05, 0) is 35.4 Å². The zero-order valence-corrected chi connectivity index (χ0v) is 27.0. The van der Waals surface area contributed by atoms with Gasteiger partial charge in [0.2, 0.25) is 11.4 Å². The molecule has 244 valence electrons. The van der Waals surface area contributed by atoms with Crippen LogP contribution in [-0.4, -0.2) is 21.9 Å². The maximum atomic E-state index is 14.0. The molecule has 8 heteroatoms. The minimum Gasteiger partial charge on any atom is -0.427 e. The number of aromatic nitrogens is 2. The van der Waals surface area contributed by atoms with Crippen molar-refractivity contribution in [2.24, 2.45) is 0 Å². The number of hydrogen-bond donors (Lipinski definition) is 0. The number of nitrogens with zero attached hydrogens (tertiary/aromatic N) is 4. The quantitative estimate of drug-likeness (QED) is 0.125. The lowest BCUT2D eigenvalue weighted by Crippen LogP contribution is -2.46. The average molecular weight is 657 g/mol. The fourth-order valence-electron chi connectivity index (χ4n) is 7.21. The first-order valence-electron chi connectivity index (χ1n) is 16.4. The van der Waals surface area contributed by atoms with Crippen LogP contribution in [0.15, 0.2) is 170 Å². The monoisotopic (exact) mass is 656 g/mol. The molecule has 8 nitrogen and oxygen atoms in total. The van der Waals surface area contributed by atoms with Crippen molar-refractivity contribution in [1.29, 1.82) is 0 Å². The number of ether oxygens (including phenoxy) is 2. The molecule has 0 saturated heterocycles. The highest BCUT2D eigenvalue weighted by Gasteiger charge is 2.51. The number of carbonyl (C=O) groups excluding carboxylic acids is 2. The van der Waals surface area contributed by atoms with Gasteiger partial charge in [0.1, 0.15) is 0 Å². The molecular formula is C42H32N4O4. The molecule has 2 aliphatic heterocycles. The van der Waals surface area contributed by atoms with Gasteiger partial charge in [-0.15, -0.1) is 0 Å². The van der Waals surface area contributed by atoms with E-state index in [1.807, 2.05) is 143 Å². The first-order chi connectivity index (χ1) is 24.6. The molecule has 4 aromatic carbocycles. The van der Waals surface area contributed by atoms with Crippen molar-refractivity contribution in [3.05, 3.63) is 204 Å². The van der Waals surface area contributed by atoms with E-state index in [4.69, 9.17) is 9.47 Å². The van der Waals surface area contributed by atoms with Crippen LogP contribution < -0.4 is 9.80 Å². The van der Waals surface area contributed by atoms with Crippen LogP contribution in [-0.2, 0) is 43.6 Å². The van der Waals surface area contributed by atoms with E-state index in [9.17, 15) is 9.59 Å². The fraction of sp³-hybridized carbons (Fsp3) is 0.0952. The number of fused-ring (bicyclic) bond motifs is 2. The smallest absolute Gasteiger partial charge is 0.333 e. The van der Waals surface area contributed by atoms with E-state index in [0.29, 0.717) is 13.1 Å². The summed E-state index contributed by atoms with van der Waals surface area (Å²) in [5, 5.41) is 0. The summed E-state index contributed by atoms with van der Waals surface area (Å²) in [6.07, 6.45) is 9.15. The number of pyridine rings is 2. The molecule has 0 N–H and O–H groups in total. The second-order valence-corrected chi connectivity index (χ2v) is 12.1. The molecule has 8 rings (SSSR count). The highest BCUT2D eigenvalue weighted by atomic mass is 16.6. The summed E-state index contributed by atoms with van der Waals surface area (Å²) in [7, 11) is 0. The number of carbonyl (C=O) groups is 2. The van der Waals surface area contributed by atoms with Gasteiger partial charge < -0.3 is 19.3 Å². The summed E-state index contributed by atoms with van der Waals surface area (Å²) in [6.45, 7) is 0.996. The van der Waals surface area contributed by atoms with Gasteiger partial charge in [-0.3, -0.25) is 9.97 Å². The maximum Gasteiger partial charge on any atom is 0.333 e. The SMILES string of the molecule is O=C(/C=C\C(=O)OC1(c2ccccc2)c2ccccc2CN1c1ccncc1)OC1(c2ccccc2)c2ccccc2CN1c1ccncc1. The lowest BCUT2D eigenvalue weighted by atomic mass is 9.93. The van der Waals surface area contributed by atoms with Crippen LogP contribution in [0.4, 0.5) is 11.4 Å². The van der Waals surface area contributed by atoms with Crippen molar-refractivity contribution >= 4 is 23.3 Å². The molecule has 0 fully saturated rings. The van der Waals surface area contributed by atoms with Crippen LogP contribution >= 0.6 is 0 Å². The highest BCUT2D eigenvalue weighted by molar-refractivity contribution is 5.93. The van der Waals surface area contributed by atoms with Gasteiger partial charge >= 0.3 is 11.9 Å². The molecule has 2 aromatic heterocycles. The summed E-state index contributed by atoms with van der Waals surface area (Å²) in [6, 6.07) is 42.7. The summed E-state index contributed by atoms with van der Waals surface area (Å²) in [5.41, 5.74) is 4.30. The van der Waals surface area contributed by atoms with Gasteiger partial charge in [0.25, 0.3) is 0 Å². The van der Waals surface area contributed by atoms with Crippen molar-refractivity contribution in [2.75, 3.05) is 9.80 Å². The minimum absolute atomic E-state index is 0.498. The lowest BCUT2D eigenvalue weighted by molar-refractivity contribution is -0.153. The average Bonchev–Trinajstić information content (AvgIpc) is 3.69. The number of esters is 2. The molecule has 0 amide bonds. The first kappa shape index (κ1) is 30.8. The summed E-state index contributed by atoms with van der Waals surface area (Å²) in [5.74, 6) is -1.40. The van der Waals surface area contributed by atoms with E-state index < -0.39 is 23.4 Å². The Morgan fingerprint density at radius 2 is 0.860 bits per heavy atom. The van der Waals surface area contributed by atoms with Gasteiger partial charge in [-0.25, -0.2) is 9.59 Å². The summed E-state index contributed by atoms with van der Waals surface area (Å²) in [4.78, 5) is 40.4. The Bertz CT molecular complexity index is 2020. The second-order valence-electron chi connectivity index (χ2n) is 12.1. The molecular weight excluding hydrogens is 624 g/mol. The molecule has 4 heterocycles. The molecule has 0 bridgehead atoms.